The molecule has 0 saturated carbocycles. The number of hydrogen-bond donors (Lipinski definition) is 2. The normalized spacial score (nSPS) is 17.3. The van der Waals surface area contributed by atoms with Crippen molar-refractivity contribution >= 4 is 23.3 Å². The third-order valence-corrected chi connectivity index (χ3v) is 5.91. The van der Waals surface area contributed by atoms with E-state index in [4.69, 9.17) is 4.74 Å². The van der Waals surface area contributed by atoms with Crippen molar-refractivity contribution in [3.63, 3.8) is 0 Å². The van der Waals surface area contributed by atoms with Crippen molar-refractivity contribution in [2.24, 2.45) is 0 Å². The van der Waals surface area contributed by atoms with Crippen LogP contribution in [0, 0.1) is 6.92 Å². The predicted octanol–water partition coefficient (Wildman–Crippen LogP) is 3.26. The second-order valence-corrected chi connectivity index (χ2v) is 8.15. The van der Waals surface area contributed by atoms with E-state index >= 15 is 0 Å². The Morgan fingerprint density at radius 1 is 0.935 bits per heavy atom. The molecule has 0 unspecified atom stereocenters. The number of benzene rings is 2. The molecule has 2 N–H and O–H groups in total. The Kier molecular flexibility index (Phi) is 6.72. The molecule has 2 aliphatic heterocycles. The minimum Gasteiger partial charge on any atom is -0.378 e. The van der Waals surface area contributed by atoms with E-state index in [0.717, 1.165) is 48.4 Å². The molecule has 0 spiro atoms. The van der Waals surface area contributed by atoms with Crippen LogP contribution in [0.15, 0.2) is 48.5 Å². The fourth-order valence-electron chi connectivity index (χ4n) is 4.12. The molecular formula is C24H30N4O3. The first-order chi connectivity index (χ1) is 15.1. The number of morpholine rings is 1. The minimum absolute atomic E-state index is 0.0663. The monoisotopic (exact) mass is 422 g/mol. The Labute approximate surface area is 183 Å². The maximum Gasteiger partial charge on any atom is 0.319 e. The van der Waals surface area contributed by atoms with E-state index in [0.29, 0.717) is 26.3 Å². The first-order valence-corrected chi connectivity index (χ1v) is 11.0. The lowest BCUT2D eigenvalue weighted by molar-refractivity contribution is 0.0303. The Hall–Kier alpha value is -3.06. The Morgan fingerprint density at radius 2 is 1.61 bits per heavy atom. The lowest BCUT2D eigenvalue weighted by Gasteiger charge is -2.35. The van der Waals surface area contributed by atoms with Crippen LogP contribution in [0.1, 0.15) is 28.8 Å². The van der Waals surface area contributed by atoms with Gasteiger partial charge in [-0.2, -0.15) is 0 Å². The average molecular weight is 423 g/mol. The maximum atomic E-state index is 13.0. The zero-order valence-electron chi connectivity index (χ0n) is 18.0. The molecule has 0 bridgehead atoms. The molecular weight excluding hydrogens is 392 g/mol. The van der Waals surface area contributed by atoms with E-state index in [-0.39, 0.29) is 18.0 Å². The molecule has 2 aromatic carbocycles. The van der Waals surface area contributed by atoms with Crippen molar-refractivity contribution in [2.45, 2.75) is 25.8 Å². The molecule has 2 saturated heterocycles. The van der Waals surface area contributed by atoms with Gasteiger partial charge in [0.1, 0.15) is 0 Å². The molecule has 7 heteroatoms. The van der Waals surface area contributed by atoms with Gasteiger partial charge in [-0.05, 0) is 44.0 Å². The number of nitrogens with one attached hydrogen (secondary N) is 2. The molecule has 164 valence electrons. The summed E-state index contributed by atoms with van der Waals surface area (Å²) in [4.78, 5) is 29.5. The third kappa shape index (κ3) is 5.35. The number of carbonyl (C=O) groups excluding carboxylic acids is 2. The van der Waals surface area contributed by atoms with E-state index in [1.165, 1.54) is 0 Å². The van der Waals surface area contributed by atoms with Crippen LogP contribution in [0.4, 0.5) is 16.2 Å². The molecule has 2 fully saturated rings. The van der Waals surface area contributed by atoms with E-state index in [1.54, 1.807) is 0 Å². The van der Waals surface area contributed by atoms with Crippen LogP contribution in [-0.4, -0.2) is 62.3 Å². The Balaban J connectivity index is 1.33. The Bertz CT molecular complexity index is 901. The number of para-hydroxylation sites is 1. The number of piperidine rings is 1. The number of carbonyl (C=O) groups is 2. The van der Waals surface area contributed by atoms with Crippen molar-refractivity contribution in [2.75, 3.05) is 49.6 Å². The van der Waals surface area contributed by atoms with E-state index in [1.807, 2.05) is 60.4 Å². The van der Waals surface area contributed by atoms with Crippen molar-refractivity contribution < 1.29 is 14.3 Å². The summed E-state index contributed by atoms with van der Waals surface area (Å²) in [7, 11) is 0. The molecule has 7 nitrogen and oxygen atoms in total. The summed E-state index contributed by atoms with van der Waals surface area (Å²) in [5, 5.41) is 5.97. The molecule has 0 atom stereocenters. The van der Waals surface area contributed by atoms with Crippen LogP contribution in [0.3, 0.4) is 0 Å². The second kappa shape index (κ2) is 9.83. The van der Waals surface area contributed by atoms with Gasteiger partial charge in [0.25, 0.3) is 5.91 Å². The van der Waals surface area contributed by atoms with Gasteiger partial charge >= 0.3 is 6.03 Å². The van der Waals surface area contributed by atoms with Crippen molar-refractivity contribution in [1.82, 2.24) is 10.2 Å². The topological polar surface area (TPSA) is 73.9 Å². The van der Waals surface area contributed by atoms with Crippen molar-refractivity contribution in [1.29, 1.82) is 0 Å². The molecule has 2 aliphatic rings. The fraction of sp³-hybridized carbons (Fsp3) is 0.417. The molecule has 2 aromatic rings. The molecule has 2 heterocycles. The highest BCUT2D eigenvalue weighted by atomic mass is 16.5. The molecule has 0 radical (unpaired) electrons. The first-order valence-electron chi connectivity index (χ1n) is 11.0. The summed E-state index contributed by atoms with van der Waals surface area (Å²) in [6.07, 6.45) is 1.67. The summed E-state index contributed by atoms with van der Waals surface area (Å²) < 4.78 is 5.37. The second-order valence-electron chi connectivity index (χ2n) is 8.15. The lowest BCUT2D eigenvalue weighted by atomic mass is 10.0. The lowest BCUT2D eigenvalue weighted by Crippen LogP contribution is -2.46. The largest absolute Gasteiger partial charge is 0.378 e. The van der Waals surface area contributed by atoms with Crippen molar-refractivity contribution in [3.05, 3.63) is 59.7 Å². The molecule has 31 heavy (non-hydrogen) atoms. The number of hydrogen-bond acceptors (Lipinski definition) is 4. The zero-order valence-corrected chi connectivity index (χ0v) is 18.0. The maximum absolute atomic E-state index is 13.0. The minimum atomic E-state index is -0.176. The van der Waals surface area contributed by atoms with Gasteiger partial charge < -0.3 is 25.2 Å². The number of aryl methyl sites for hydroxylation is 1. The zero-order chi connectivity index (χ0) is 21.6. The highest BCUT2D eigenvalue weighted by Crippen LogP contribution is 2.26. The summed E-state index contributed by atoms with van der Waals surface area (Å²) in [6, 6.07) is 15.5. The van der Waals surface area contributed by atoms with E-state index in [2.05, 4.69) is 15.5 Å². The molecule has 3 amide bonds. The van der Waals surface area contributed by atoms with Gasteiger partial charge in [-0.1, -0.05) is 29.8 Å². The molecule has 0 aromatic heterocycles. The quantitative estimate of drug-likeness (QED) is 0.793. The van der Waals surface area contributed by atoms with Crippen LogP contribution in [-0.2, 0) is 4.74 Å². The summed E-state index contributed by atoms with van der Waals surface area (Å²) in [5.41, 5.74) is 3.66. The van der Waals surface area contributed by atoms with Crippen LogP contribution in [0.25, 0.3) is 0 Å². The molecule has 0 aliphatic carbocycles. The van der Waals surface area contributed by atoms with Crippen LogP contribution in [0.2, 0.25) is 0 Å². The van der Waals surface area contributed by atoms with Gasteiger partial charge in [-0.15, -0.1) is 0 Å². The highest BCUT2D eigenvalue weighted by Gasteiger charge is 2.26. The summed E-state index contributed by atoms with van der Waals surface area (Å²) >= 11 is 0. The number of urea groups is 1. The van der Waals surface area contributed by atoms with E-state index < -0.39 is 0 Å². The van der Waals surface area contributed by atoms with Crippen LogP contribution in [0.5, 0.6) is 0 Å². The van der Waals surface area contributed by atoms with Gasteiger partial charge in [0.2, 0.25) is 0 Å². The summed E-state index contributed by atoms with van der Waals surface area (Å²) in [6.45, 7) is 6.06. The van der Waals surface area contributed by atoms with Gasteiger partial charge in [0.05, 0.1) is 18.8 Å². The third-order valence-electron chi connectivity index (χ3n) is 5.91. The van der Waals surface area contributed by atoms with Gasteiger partial charge in [-0.3, -0.25) is 4.79 Å². The first kappa shape index (κ1) is 21.2. The average Bonchev–Trinajstić information content (AvgIpc) is 2.81. The SMILES string of the molecule is Cc1ccc(NC(=O)NC2CCN(c3ccccc3C(=O)N3CCOCC3)CC2)cc1. The number of amides is 3. The number of nitrogens with zero attached hydrogens (tertiary/aromatic N) is 2. The van der Waals surface area contributed by atoms with Crippen LogP contribution < -0.4 is 15.5 Å². The van der Waals surface area contributed by atoms with Gasteiger partial charge in [0.15, 0.2) is 0 Å². The van der Waals surface area contributed by atoms with Gasteiger partial charge in [0, 0.05) is 43.6 Å². The van der Waals surface area contributed by atoms with Gasteiger partial charge in [-0.25, -0.2) is 4.79 Å². The molecule has 4 rings (SSSR count). The smallest absolute Gasteiger partial charge is 0.319 e. The van der Waals surface area contributed by atoms with Crippen LogP contribution >= 0.6 is 0 Å². The summed E-state index contributed by atoms with van der Waals surface area (Å²) in [5.74, 6) is 0.0663. The fourth-order valence-corrected chi connectivity index (χ4v) is 4.12. The van der Waals surface area contributed by atoms with E-state index in [9.17, 15) is 9.59 Å². The number of ether oxygens (including phenoxy) is 1. The highest BCUT2D eigenvalue weighted by molar-refractivity contribution is 6.00. The van der Waals surface area contributed by atoms with Crippen molar-refractivity contribution in [3.8, 4) is 0 Å². The number of anilines is 2. The number of rotatable bonds is 4. The standard InChI is InChI=1S/C24H30N4O3/c1-18-6-8-19(9-7-18)25-24(30)26-20-10-12-27(13-11-20)22-5-3-2-4-21(22)23(29)28-14-16-31-17-15-28/h2-9,20H,10-17H2,1H3,(H2,25,26,30). The Morgan fingerprint density at radius 3 is 2.32 bits per heavy atom. The predicted molar refractivity (Wildman–Crippen MR) is 122 cm³/mol.